The van der Waals surface area contributed by atoms with Gasteiger partial charge in [-0.2, -0.15) is 4.31 Å². The van der Waals surface area contributed by atoms with Crippen LogP contribution in [0.3, 0.4) is 0 Å². The quantitative estimate of drug-likeness (QED) is 0.790. The van der Waals surface area contributed by atoms with E-state index in [1.54, 1.807) is 10.4 Å². The Bertz CT molecular complexity index is 1010. The minimum Gasteiger partial charge on any atom is -0.304 e. The maximum atomic E-state index is 13.8. The van der Waals surface area contributed by atoms with Crippen LogP contribution in [0.15, 0.2) is 35.5 Å². The van der Waals surface area contributed by atoms with Crippen molar-refractivity contribution in [1.82, 2.24) is 14.2 Å². The zero-order chi connectivity index (χ0) is 20.1. The lowest BCUT2D eigenvalue weighted by Crippen LogP contribution is -2.47. The standard InChI is InChI=1S/C21H26FN3O2S/c1-14-6-20(17-8-18(22)10-23-9-17)21(7-15(14)2)28(26,27)25-12-16-4-5-19(25)13-24(3)11-16/h6-10,16,19H,4-5,11-13H2,1-3H3/t16-,19+/m0/s1. The molecule has 0 amide bonds. The molecule has 3 aliphatic heterocycles. The number of aromatic nitrogens is 1. The monoisotopic (exact) mass is 403 g/mol. The summed E-state index contributed by atoms with van der Waals surface area (Å²) in [5, 5.41) is 0. The third-order valence-corrected chi connectivity index (χ3v) is 8.00. The molecule has 2 atom stereocenters. The van der Waals surface area contributed by atoms with E-state index < -0.39 is 15.8 Å². The van der Waals surface area contributed by atoms with Crippen molar-refractivity contribution in [3.05, 3.63) is 47.5 Å². The van der Waals surface area contributed by atoms with Crippen molar-refractivity contribution >= 4 is 10.0 Å². The van der Waals surface area contributed by atoms with Gasteiger partial charge in [0.2, 0.25) is 10.0 Å². The first-order valence-corrected chi connectivity index (χ1v) is 11.1. The van der Waals surface area contributed by atoms with Crippen LogP contribution in [0.2, 0.25) is 0 Å². The second-order valence-electron chi connectivity index (χ2n) is 8.22. The van der Waals surface area contributed by atoms with Gasteiger partial charge in [0.15, 0.2) is 0 Å². The van der Waals surface area contributed by atoms with Crippen LogP contribution in [0.1, 0.15) is 24.0 Å². The summed E-state index contributed by atoms with van der Waals surface area (Å²) in [5.74, 6) is -0.126. The number of aryl methyl sites for hydroxylation is 2. The molecule has 150 valence electrons. The van der Waals surface area contributed by atoms with Gasteiger partial charge in [0.05, 0.1) is 11.1 Å². The fraction of sp³-hybridized carbons (Fsp3) is 0.476. The van der Waals surface area contributed by atoms with Crippen molar-refractivity contribution in [2.75, 3.05) is 26.7 Å². The Morgan fingerprint density at radius 1 is 1.04 bits per heavy atom. The third-order valence-electron chi connectivity index (χ3n) is 6.04. The minimum absolute atomic E-state index is 0.0196. The van der Waals surface area contributed by atoms with Gasteiger partial charge in [-0.05, 0) is 69.0 Å². The number of fused-ring (bicyclic) bond motifs is 4. The highest BCUT2D eigenvalue weighted by atomic mass is 32.2. The number of nitrogens with zero attached hydrogens (tertiary/aromatic N) is 3. The molecule has 5 nitrogen and oxygen atoms in total. The van der Waals surface area contributed by atoms with Crippen LogP contribution >= 0.6 is 0 Å². The lowest BCUT2D eigenvalue weighted by molar-refractivity contribution is 0.229. The zero-order valence-corrected chi connectivity index (χ0v) is 17.3. The number of halogens is 1. The van der Waals surface area contributed by atoms with Crippen LogP contribution in [0.5, 0.6) is 0 Å². The molecular formula is C21H26FN3O2S. The molecule has 0 radical (unpaired) electrons. The van der Waals surface area contributed by atoms with Crippen LogP contribution in [0.25, 0.3) is 11.1 Å². The Morgan fingerprint density at radius 2 is 1.79 bits per heavy atom. The first kappa shape index (κ1) is 19.5. The summed E-state index contributed by atoms with van der Waals surface area (Å²) in [5.41, 5.74) is 2.88. The smallest absolute Gasteiger partial charge is 0.244 e. The van der Waals surface area contributed by atoms with Crippen LogP contribution < -0.4 is 0 Å². The van der Waals surface area contributed by atoms with E-state index in [0.29, 0.717) is 23.6 Å². The molecule has 0 aliphatic carbocycles. The molecule has 4 heterocycles. The van der Waals surface area contributed by atoms with Gasteiger partial charge in [-0.1, -0.05) is 0 Å². The van der Waals surface area contributed by atoms with Gasteiger partial charge >= 0.3 is 0 Å². The molecule has 3 aliphatic rings. The topological polar surface area (TPSA) is 53.5 Å². The number of likely N-dealkylation sites (N-methyl/N-ethyl adjacent to an activating group) is 1. The van der Waals surface area contributed by atoms with Crippen LogP contribution in [0.4, 0.5) is 4.39 Å². The number of piperidine rings is 1. The predicted molar refractivity (Wildman–Crippen MR) is 107 cm³/mol. The molecule has 5 rings (SSSR count). The van der Waals surface area contributed by atoms with Gasteiger partial charge in [0.1, 0.15) is 5.82 Å². The van der Waals surface area contributed by atoms with Crippen LogP contribution in [0, 0.1) is 25.6 Å². The molecule has 3 fully saturated rings. The number of pyridine rings is 1. The Morgan fingerprint density at radius 3 is 2.54 bits per heavy atom. The molecule has 0 unspecified atom stereocenters. The minimum atomic E-state index is -3.71. The van der Waals surface area contributed by atoms with Gasteiger partial charge in [0, 0.05) is 43.0 Å². The molecule has 2 aromatic rings. The highest BCUT2D eigenvalue weighted by molar-refractivity contribution is 7.89. The van der Waals surface area contributed by atoms with Crippen LogP contribution in [-0.4, -0.2) is 55.3 Å². The Balaban J connectivity index is 1.85. The molecule has 28 heavy (non-hydrogen) atoms. The van der Waals surface area contributed by atoms with E-state index in [1.807, 2.05) is 19.9 Å². The van der Waals surface area contributed by atoms with E-state index in [4.69, 9.17) is 0 Å². The molecule has 0 saturated carbocycles. The van der Waals surface area contributed by atoms with Crippen molar-refractivity contribution in [3.8, 4) is 11.1 Å². The molecule has 0 N–H and O–H groups in total. The van der Waals surface area contributed by atoms with E-state index in [9.17, 15) is 12.8 Å². The summed E-state index contributed by atoms with van der Waals surface area (Å²) in [4.78, 5) is 6.40. The largest absolute Gasteiger partial charge is 0.304 e. The van der Waals surface area contributed by atoms with Crippen molar-refractivity contribution in [3.63, 3.8) is 0 Å². The average Bonchev–Trinajstić information content (AvgIpc) is 2.92. The van der Waals surface area contributed by atoms with E-state index in [-0.39, 0.29) is 10.9 Å². The van der Waals surface area contributed by atoms with Gasteiger partial charge in [-0.15, -0.1) is 0 Å². The Kier molecular flexibility index (Phi) is 5.02. The summed E-state index contributed by atoms with van der Waals surface area (Å²) < 4.78 is 43.0. The highest BCUT2D eigenvalue weighted by Crippen LogP contribution is 2.36. The van der Waals surface area contributed by atoms with Crippen molar-refractivity contribution < 1.29 is 12.8 Å². The maximum Gasteiger partial charge on any atom is 0.244 e. The van der Waals surface area contributed by atoms with E-state index in [2.05, 4.69) is 16.9 Å². The molecule has 0 spiro atoms. The van der Waals surface area contributed by atoms with Gasteiger partial charge in [-0.25, -0.2) is 12.8 Å². The third kappa shape index (κ3) is 3.47. The number of benzene rings is 1. The van der Waals surface area contributed by atoms with E-state index in [1.165, 1.54) is 12.3 Å². The number of rotatable bonds is 3. The molecule has 2 bridgehead atoms. The van der Waals surface area contributed by atoms with Crippen molar-refractivity contribution in [2.45, 2.75) is 37.6 Å². The van der Waals surface area contributed by atoms with E-state index in [0.717, 1.165) is 43.3 Å². The number of hydrogen-bond acceptors (Lipinski definition) is 4. The normalized spacial score (nSPS) is 23.7. The second-order valence-corrected chi connectivity index (χ2v) is 10.1. The summed E-state index contributed by atoms with van der Waals surface area (Å²) in [6.45, 7) is 6.06. The Labute approximate surface area is 166 Å². The van der Waals surface area contributed by atoms with Crippen molar-refractivity contribution in [1.29, 1.82) is 0 Å². The fourth-order valence-electron chi connectivity index (χ4n) is 4.48. The first-order valence-electron chi connectivity index (χ1n) is 9.68. The summed E-state index contributed by atoms with van der Waals surface area (Å²) in [7, 11) is -1.66. The lowest BCUT2D eigenvalue weighted by Gasteiger charge is -2.35. The first-order chi connectivity index (χ1) is 13.3. The van der Waals surface area contributed by atoms with Crippen LogP contribution in [-0.2, 0) is 10.0 Å². The molecule has 3 saturated heterocycles. The number of hydrogen-bond donors (Lipinski definition) is 0. The molecular weight excluding hydrogens is 377 g/mol. The summed E-state index contributed by atoms with van der Waals surface area (Å²) in [6.07, 6.45) is 4.60. The molecule has 1 aromatic carbocycles. The average molecular weight is 404 g/mol. The van der Waals surface area contributed by atoms with E-state index >= 15 is 0 Å². The highest BCUT2D eigenvalue weighted by Gasteiger charge is 2.41. The molecule has 1 aromatic heterocycles. The SMILES string of the molecule is Cc1cc(-c2cncc(F)c2)c(S(=O)(=O)N2C[C@H]3CC[C@@H]2CN(C)C3)cc1C. The molecule has 7 heteroatoms. The predicted octanol–water partition coefficient (Wildman–Crippen LogP) is 3.22. The number of sulfonamides is 1. The van der Waals surface area contributed by atoms with Crippen molar-refractivity contribution in [2.24, 2.45) is 5.92 Å². The maximum absolute atomic E-state index is 13.8. The lowest BCUT2D eigenvalue weighted by atomic mass is 9.97. The zero-order valence-electron chi connectivity index (χ0n) is 16.5. The van der Waals surface area contributed by atoms with Gasteiger partial charge in [-0.3, -0.25) is 4.98 Å². The van der Waals surface area contributed by atoms with Gasteiger partial charge < -0.3 is 4.90 Å². The summed E-state index contributed by atoms with van der Waals surface area (Å²) >= 11 is 0. The second kappa shape index (κ2) is 7.21. The fourth-order valence-corrected chi connectivity index (χ4v) is 6.49. The summed E-state index contributed by atoms with van der Waals surface area (Å²) in [6, 6.07) is 4.89. The van der Waals surface area contributed by atoms with Gasteiger partial charge in [0.25, 0.3) is 0 Å². The Hall–Kier alpha value is -1.83.